The van der Waals surface area contributed by atoms with Gasteiger partial charge in [-0.2, -0.15) is 0 Å². The third-order valence-corrected chi connectivity index (χ3v) is 4.91. The molecule has 2 saturated heterocycles. The van der Waals surface area contributed by atoms with Gasteiger partial charge in [0.2, 0.25) is 0 Å². The summed E-state index contributed by atoms with van der Waals surface area (Å²) < 4.78 is 0. The topological polar surface area (TPSA) is 61.4 Å². The Bertz CT molecular complexity index is 565. The second kappa shape index (κ2) is 7.79. The number of hydrogen-bond donors (Lipinski definition) is 2. The van der Waals surface area contributed by atoms with Gasteiger partial charge in [0.1, 0.15) is 0 Å². The molecule has 2 aliphatic rings. The molecule has 1 aromatic carbocycles. The highest BCUT2D eigenvalue weighted by Gasteiger charge is 2.31. The van der Waals surface area contributed by atoms with Gasteiger partial charge in [0.25, 0.3) is 11.8 Å². The molecule has 2 atom stereocenters. The molecule has 0 bridgehead atoms. The van der Waals surface area contributed by atoms with Gasteiger partial charge in [-0.3, -0.25) is 9.59 Å². The molecule has 0 unspecified atom stereocenters. The molecule has 0 aromatic heterocycles. The summed E-state index contributed by atoms with van der Waals surface area (Å²) in [6, 6.07) is 6.98. The fraction of sp³-hybridized carbons (Fsp3) is 0.529. The molecule has 3 rings (SSSR count). The molecule has 2 fully saturated rings. The summed E-state index contributed by atoms with van der Waals surface area (Å²) in [4.78, 5) is 26.4. The van der Waals surface area contributed by atoms with Crippen molar-refractivity contribution >= 4 is 24.2 Å². The van der Waals surface area contributed by atoms with Crippen molar-refractivity contribution in [3.05, 3.63) is 35.4 Å². The van der Waals surface area contributed by atoms with E-state index in [4.69, 9.17) is 0 Å². The van der Waals surface area contributed by atoms with Crippen molar-refractivity contribution in [2.75, 3.05) is 33.2 Å². The monoisotopic (exact) mass is 337 g/mol. The van der Waals surface area contributed by atoms with Crippen LogP contribution in [-0.2, 0) is 0 Å². The molecule has 0 radical (unpaired) electrons. The molecule has 0 aliphatic carbocycles. The summed E-state index contributed by atoms with van der Waals surface area (Å²) in [5.74, 6) is 1.29. The maximum Gasteiger partial charge on any atom is 0.253 e. The van der Waals surface area contributed by atoms with Crippen LogP contribution in [0.5, 0.6) is 0 Å². The van der Waals surface area contributed by atoms with E-state index in [1.54, 1.807) is 31.3 Å². The molecular formula is C17H24ClN3O2. The van der Waals surface area contributed by atoms with Gasteiger partial charge in [0.15, 0.2) is 0 Å². The fourth-order valence-electron chi connectivity index (χ4n) is 3.54. The predicted octanol–water partition coefficient (Wildman–Crippen LogP) is 1.54. The maximum absolute atomic E-state index is 12.7. The Morgan fingerprint density at radius 1 is 1.13 bits per heavy atom. The standard InChI is InChI=1S/C17H23N3O2.ClH/c1-18-16(21)12-3-2-4-13(9-12)17(22)20-7-5-14-10-19-11-15(14)6-8-20;/h2-4,9,14-15,19H,5-8,10-11H2,1H3,(H,18,21);1H/t14-,15+;. The number of fused-ring (bicyclic) bond motifs is 1. The number of halogens is 1. The van der Waals surface area contributed by atoms with Gasteiger partial charge in [-0.25, -0.2) is 0 Å². The summed E-state index contributed by atoms with van der Waals surface area (Å²) >= 11 is 0. The van der Waals surface area contributed by atoms with Crippen molar-refractivity contribution in [1.82, 2.24) is 15.5 Å². The Balaban J connectivity index is 0.00000192. The molecule has 6 heteroatoms. The molecule has 0 saturated carbocycles. The van der Waals surface area contributed by atoms with Crippen LogP contribution in [0.15, 0.2) is 24.3 Å². The maximum atomic E-state index is 12.7. The van der Waals surface area contributed by atoms with Crippen LogP contribution in [0.4, 0.5) is 0 Å². The van der Waals surface area contributed by atoms with Crippen molar-refractivity contribution in [3.8, 4) is 0 Å². The van der Waals surface area contributed by atoms with E-state index in [9.17, 15) is 9.59 Å². The van der Waals surface area contributed by atoms with Crippen molar-refractivity contribution in [2.45, 2.75) is 12.8 Å². The summed E-state index contributed by atoms with van der Waals surface area (Å²) in [6.07, 6.45) is 2.14. The Morgan fingerprint density at radius 3 is 2.35 bits per heavy atom. The first-order valence-electron chi connectivity index (χ1n) is 8.01. The zero-order valence-electron chi connectivity index (χ0n) is 13.4. The van der Waals surface area contributed by atoms with Gasteiger partial charge in [0.05, 0.1) is 0 Å². The molecule has 0 spiro atoms. The minimum atomic E-state index is -0.161. The van der Waals surface area contributed by atoms with E-state index < -0.39 is 0 Å². The quantitative estimate of drug-likeness (QED) is 0.860. The lowest BCUT2D eigenvalue weighted by molar-refractivity contribution is 0.0758. The van der Waals surface area contributed by atoms with Gasteiger partial charge < -0.3 is 15.5 Å². The lowest BCUT2D eigenvalue weighted by Gasteiger charge is -2.21. The van der Waals surface area contributed by atoms with Crippen LogP contribution in [0, 0.1) is 11.8 Å². The Morgan fingerprint density at radius 2 is 1.74 bits per heavy atom. The van der Waals surface area contributed by atoms with E-state index >= 15 is 0 Å². The van der Waals surface area contributed by atoms with Crippen LogP contribution in [0.25, 0.3) is 0 Å². The number of likely N-dealkylation sites (tertiary alicyclic amines) is 1. The highest BCUT2D eigenvalue weighted by atomic mass is 35.5. The molecule has 23 heavy (non-hydrogen) atoms. The summed E-state index contributed by atoms with van der Waals surface area (Å²) in [6.45, 7) is 3.79. The minimum Gasteiger partial charge on any atom is -0.355 e. The Kier molecular flexibility index (Phi) is 6.02. The summed E-state index contributed by atoms with van der Waals surface area (Å²) in [7, 11) is 1.60. The van der Waals surface area contributed by atoms with Crippen LogP contribution in [-0.4, -0.2) is 49.9 Å². The largest absolute Gasteiger partial charge is 0.355 e. The van der Waals surface area contributed by atoms with Crippen LogP contribution in [0.1, 0.15) is 33.6 Å². The number of rotatable bonds is 2. The van der Waals surface area contributed by atoms with E-state index in [1.807, 2.05) is 4.90 Å². The van der Waals surface area contributed by atoms with E-state index in [-0.39, 0.29) is 24.2 Å². The number of carbonyl (C=O) groups is 2. The number of amides is 2. The second-order valence-corrected chi connectivity index (χ2v) is 6.21. The van der Waals surface area contributed by atoms with E-state index in [2.05, 4.69) is 10.6 Å². The average Bonchev–Trinajstić information content (AvgIpc) is 2.92. The number of hydrogen-bond acceptors (Lipinski definition) is 3. The zero-order chi connectivity index (χ0) is 15.5. The molecule has 2 amide bonds. The van der Waals surface area contributed by atoms with Crippen molar-refractivity contribution < 1.29 is 9.59 Å². The van der Waals surface area contributed by atoms with Crippen molar-refractivity contribution in [3.63, 3.8) is 0 Å². The number of benzene rings is 1. The molecule has 2 heterocycles. The highest BCUT2D eigenvalue weighted by molar-refractivity contribution is 5.99. The Labute approximate surface area is 143 Å². The van der Waals surface area contributed by atoms with Gasteiger partial charge in [-0.15, -0.1) is 12.4 Å². The first kappa shape index (κ1) is 17.8. The normalized spacial score (nSPS) is 23.4. The van der Waals surface area contributed by atoms with Crippen molar-refractivity contribution in [1.29, 1.82) is 0 Å². The van der Waals surface area contributed by atoms with Gasteiger partial charge in [0, 0.05) is 31.3 Å². The number of carbonyl (C=O) groups excluding carboxylic acids is 2. The van der Waals surface area contributed by atoms with Crippen molar-refractivity contribution in [2.24, 2.45) is 11.8 Å². The Hall–Kier alpha value is -1.59. The van der Waals surface area contributed by atoms with Crippen LogP contribution in [0.3, 0.4) is 0 Å². The van der Waals surface area contributed by atoms with Crippen LogP contribution in [0.2, 0.25) is 0 Å². The first-order chi connectivity index (χ1) is 10.7. The first-order valence-corrected chi connectivity index (χ1v) is 8.01. The van der Waals surface area contributed by atoms with Gasteiger partial charge >= 0.3 is 0 Å². The number of nitrogens with zero attached hydrogens (tertiary/aromatic N) is 1. The SMILES string of the molecule is CNC(=O)c1cccc(C(=O)N2CC[C@@H]3CNC[C@@H]3CC2)c1.Cl. The summed E-state index contributed by atoms with van der Waals surface area (Å²) in [5.41, 5.74) is 1.13. The van der Waals surface area contributed by atoms with E-state index in [0.29, 0.717) is 23.0 Å². The zero-order valence-corrected chi connectivity index (χ0v) is 14.2. The predicted molar refractivity (Wildman–Crippen MR) is 92.1 cm³/mol. The third-order valence-electron chi connectivity index (χ3n) is 4.91. The van der Waals surface area contributed by atoms with E-state index in [0.717, 1.165) is 39.0 Å². The van der Waals surface area contributed by atoms with Crippen LogP contribution >= 0.6 is 12.4 Å². The summed E-state index contributed by atoms with van der Waals surface area (Å²) in [5, 5.41) is 6.04. The van der Waals surface area contributed by atoms with E-state index in [1.165, 1.54) is 0 Å². The average molecular weight is 338 g/mol. The molecule has 2 aliphatic heterocycles. The van der Waals surface area contributed by atoms with Gasteiger partial charge in [-0.05, 0) is 56.0 Å². The molecule has 5 nitrogen and oxygen atoms in total. The molecule has 2 N–H and O–H groups in total. The fourth-order valence-corrected chi connectivity index (χ4v) is 3.54. The smallest absolute Gasteiger partial charge is 0.253 e. The molecular weight excluding hydrogens is 314 g/mol. The third kappa shape index (κ3) is 3.85. The number of nitrogens with one attached hydrogen (secondary N) is 2. The van der Waals surface area contributed by atoms with Crippen LogP contribution < -0.4 is 10.6 Å². The lowest BCUT2D eigenvalue weighted by atomic mass is 9.92. The highest BCUT2D eigenvalue weighted by Crippen LogP contribution is 2.27. The van der Waals surface area contributed by atoms with Gasteiger partial charge in [-0.1, -0.05) is 6.07 Å². The second-order valence-electron chi connectivity index (χ2n) is 6.21. The molecule has 1 aromatic rings. The molecule has 126 valence electrons. The minimum absolute atomic E-state index is 0. The lowest BCUT2D eigenvalue weighted by Crippen LogP contribution is -2.33.